The number of para-hydroxylation sites is 1. The number of hydrogen-bond donors (Lipinski definition) is 3. The zero-order valence-electron chi connectivity index (χ0n) is 18.7. The molecule has 7 nitrogen and oxygen atoms in total. The number of amides is 2. The van der Waals surface area contributed by atoms with Gasteiger partial charge < -0.3 is 25.2 Å². The van der Waals surface area contributed by atoms with E-state index >= 15 is 0 Å². The highest BCUT2D eigenvalue weighted by atomic mass is 127. The average molecular weight is 556 g/mol. The molecule has 1 fully saturated rings. The van der Waals surface area contributed by atoms with Crippen LogP contribution in [0.5, 0.6) is 5.75 Å². The van der Waals surface area contributed by atoms with Crippen LogP contribution in [-0.2, 0) is 9.59 Å². The topological polar surface area (TPSA) is 99.1 Å². The molecule has 0 bridgehead atoms. The number of nitrogens with zero attached hydrogens (tertiary/aromatic N) is 1. The largest absolute Gasteiger partial charge is 0.482 e. The van der Waals surface area contributed by atoms with E-state index in [4.69, 9.17) is 9.84 Å². The fraction of sp³-hybridized carbons (Fsp3) is 0.583. The smallest absolute Gasteiger partial charge is 0.247 e. The van der Waals surface area contributed by atoms with Gasteiger partial charge >= 0.3 is 0 Å². The third-order valence-corrected chi connectivity index (χ3v) is 6.76. The molecule has 0 saturated heterocycles. The van der Waals surface area contributed by atoms with E-state index in [0.29, 0.717) is 23.8 Å². The molecule has 3 rings (SSSR count). The first-order chi connectivity index (χ1) is 15.3. The van der Waals surface area contributed by atoms with Crippen molar-refractivity contribution in [2.45, 2.75) is 57.8 Å². The molecule has 0 aliphatic heterocycles. The molecule has 8 heteroatoms. The molecule has 2 aliphatic carbocycles. The summed E-state index contributed by atoms with van der Waals surface area (Å²) in [5, 5.41) is 23.1. The van der Waals surface area contributed by atoms with Crippen LogP contribution in [0.25, 0.3) is 0 Å². The zero-order chi connectivity index (χ0) is 23.3. The molecule has 1 aromatic rings. The second-order valence-corrected chi connectivity index (χ2v) is 10.1. The predicted molar refractivity (Wildman–Crippen MR) is 130 cm³/mol. The quantitative estimate of drug-likeness (QED) is 0.385. The Morgan fingerprint density at radius 1 is 1.28 bits per heavy atom. The Balaban J connectivity index is 1.90. The van der Waals surface area contributed by atoms with Crippen LogP contribution >= 0.6 is 22.6 Å². The van der Waals surface area contributed by atoms with Crippen molar-refractivity contribution in [1.82, 2.24) is 10.2 Å². The summed E-state index contributed by atoms with van der Waals surface area (Å²) in [5.41, 5.74) is 0.461. The molecule has 0 aromatic heterocycles. The van der Waals surface area contributed by atoms with E-state index in [-0.39, 0.29) is 37.3 Å². The van der Waals surface area contributed by atoms with Crippen LogP contribution in [-0.4, -0.2) is 64.9 Å². The normalized spacial score (nSPS) is 22.9. The molecule has 176 valence electrons. The highest BCUT2D eigenvalue weighted by Crippen LogP contribution is 2.35. The van der Waals surface area contributed by atoms with Gasteiger partial charge in [-0.05, 0) is 66.0 Å². The number of halogens is 1. The number of carbonyl (C=O) groups is 2. The number of aliphatic hydroxyl groups is 2. The summed E-state index contributed by atoms with van der Waals surface area (Å²) in [4.78, 5) is 27.7. The number of ether oxygens (including phenoxy) is 1. The van der Waals surface area contributed by atoms with Gasteiger partial charge in [-0.2, -0.15) is 0 Å². The van der Waals surface area contributed by atoms with Crippen LogP contribution in [0.1, 0.15) is 39.5 Å². The van der Waals surface area contributed by atoms with Crippen LogP contribution in [0, 0.1) is 15.4 Å². The van der Waals surface area contributed by atoms with Crippen LogP contribution < -0.4 is 10.1 Å². The van der Waals surface area contributed by atoms with Gasteiger partial charge in [0.25, 0.3) is 0 Å². The molecule has 0 heterocycles. The Morgan fingerprint density at radius 3 is 2.62 bits per heavy atom. The summed E-state index contributed by atoms with van der Waals surface area (Å²) < 4.78 is 7.04. The van der Waals surface area contributed by atoms with Crippen molar-refractivity contribution in [3.05, 3.63) is 39.5 Å². The van der Waals surface area contributed by atoms with Gasteiger partial charge in [-0.1, -0.05) is 26.0 Å². The minimum absolute atomic E-state index is 0.0152. The lowest BCUT2D eigenvalue weighted by atomic mass is 9.87. The lowest BCUT2D eigenvalue weighted by Gasteiger charge is -2.41. The molecule has 0 spiro atoms. The van der Waals surface area contributed by atoms with E-state index in [1.54, 1.807) is 11.0 Å². The Labute approximate surface area is 203 Å². The fourth-order valence-corrected chi connectivity index (χ4v) is 4.38. The van der Waals surface area contributed by atoms with Crippen molar-refractivity contribution < 1.29 is 24.5 Å². The summed E-state index contributed by atoms with van der Waals surface area (Å²) in [6.07, 6.45) is 2.74. The highest BCUT2D eigenvalue weighted by molar-refractivity contribution is 14.1. The van der Waals surface area contributed by atoms with Gasteiger partial charge in [0.1, 0.15) is 18.0 Å². The SMILES string of the molecule is CC(C)CCN(C(=O)C1CC1)C1CC(C(=O)NCCO)=CC(Oc2ccccc2I)C1O. The first-order valence-corrected chi connectivity index (χ1v) is 12.4. The van der Waals surface area contributed by atoms with Crippen LogP contribution in [0.2, 0.25) is 0 Å². The van der Waals surface area contributed by atoms with E-state index in [1.165, 1.54) is 0 Å². The molecule has 2 amide bonds. The van der Waals surface area contributed by atoms with Crippen LogP contribution in [0.15, 0.2) is 35.9 Å². The van der Waals surface area contributed by atoms with Gasteiger partial charge in [-0.25, -0.2) is 0 Å². The van der Waals surface area contributed by atoms with Gasteiger partial charge in [0, 0.05) is 31.0 Å². The van der Waals surface area contributed by atoms with E-state index in [1.807, 2.05) is 24.3 Å². The van der Waals surface area contributed by atoms with Gasteiger partial charge in [-0.15, -0.1) is 0 Å². The maximum absolute atomic E-state index is 13.2. The zero-order valence-corrected chi connectivity index (χ0v) is 20.8. The number of benzene rings is 1. The molecule has 1 saturated carbocycles. The van der Waals surface area contributed by atoms with Crippen molar-refractivity contribution in [2.24, 2.45) is 11.8 Å². The number of carbonyl (C=O) groups excluding carboxylic acids is 2. The van der Waals surface area contributed by atoms with E-state index in [2.05, 4.69) is 41.8 Å². The lowest BCUT2D eigenvalue weighted by molar-refractivity contribution is -0.140. The number of aliphatic hydroxyl groups excluding tert-OH is 2. The molecule has 3 unspecified atom stereocenters. The lowest BCUT2D eigenvalue weighted by Crippen LogP contribution is -2.55. The Bertz CT molecular complexity index is 839. The van der Waals surface area contributed by atoms with Gasteiger partial charge in [0.05, 0.1) is 16.2 Å². The number of nitrogens with one attached hydrogen (secondary N) is 1. The van der Waals surface area contributed by atoms with Crippen molar-refractivity contribution in [2.75, 3.05) is 19.7 Å². The van der Waals surface area contributed by atoms with Crippen molar-refractivity contribution in [3.63, 3.8) is 0 Å². The summed E-state index contributed by atoms with van der Waals surface area (Å²) in [6, 6.07) is 6.94. The van der Waals surface area contributed by atoms with Crippen molar-refractivity contribution in [3.8, 4) is 5.75 Å². The van der Waals surface area contributed by atoms with Crippen molar-refractivity contribution in [1.29, 1.82) is 0 Å². The minimum atomic E-state index is -0.963. The third kappa shape index (κ3) is 6.45. The monoisotopic (exact) mass is 556 g/mol. The first-order valence-electron chi connectivity index (χ1n) is 11.3. The van der Waals surface area contributed by atoms with Crippen molar-refractivity contribution >= 4 is 34.4 Å². The number of rotatable bonds is 10. The maximum Gasteiger partial charge on any atom is 0.247 e. The molecule has 32 heavy (non-hydrogen) atoms. The molecule has 2 aliphatic rings. The first kappa shape index (κ1) is 25.0. The summed E-state index contributed by atoms with van der Waals surface area (Å²) in [6.45, 7) is 4.73. The molecular weight excluding hydrogens is 523 g/mol. The van der Waals surface area contributed by atoms with E-state index < -0.39 is 18.2 Å². The van der Waals surface area contributed by atoms with Gasteiger partial charge in [0.15, 0.2) is 0 Å². The summed E-state index contributed by atoms with van der Waals surface area (Å²) in [5.74, 6) is 0.786. The molecule has 3 N–H and O–H groups in total. The highest BCUT2D eigenvalue weighted by Gasteiger charge is 2.43. The molecule has 1 aromatic carbocycles. The van der Waals surface area contributed by atoms with Crippen LogP contribution in [0.4, 0.5) is 0 Å². The Hall–Kier alpha value is -1.65. The van der Waals surface area contributed by atoms with Gasteiger partial charge in [0.2, 0.25) is 11.8 Å². The minimum Gasteiger partial charge on any atom is -0.482 e. The Morgan fingerprint density at radius 2 is 2.00 bits per heavy atom. The van der Waals surface area contributed by atoms with Crippen LogP contribution in [0.3, 0.4) is 0 Å². The molecular formula is C24H33IN2O5. The maximum atomic E-state index is 13.2. The predicted octanol–water partition coefficient (Wildman–Crippen LogP) is 2.49. The fourth-order valence-electron chi connectivity index (χ4n) is 3.87. The van der Waals surface area contributed by atoms with E-state index in [9.17, 15) is 14.7 Å². The third-order valence-electron chi connectivity index (χ3n) is 5.87. The summed E-state index contributed by atoms with van der Waals surface area (Å²) >= 11 is 2.17. The molecule has 0 radical (unpaired) electrons. The van der Waals surface area contributed by atoms with E-state index in [0.717, 1.165) is 22.8 Å². The number of hydrogen-bond acceptors (Lipinski definition) is 5. The summed E-state index contributed by atoms with van der Waals surface area (Å²) in [7, 11) is 0. The average Bonchev–Trinajstić information content (AvgIpc) is 3.61. The Kier molecular flexibility index (Phi) is 8.95. The standard InChI is InChI=1S/C24H33IN2O5/c1-15(2)9-11-27(24(31)16-7-8-16)19-13-17(23(30)26-10-12-28)14-21(22(19)29)32-20-6-4-3-5-18(20)25/h3-6,14-16,19,21-22,28-29H,7-13H2,1-2H3,(H,26,30). The second-order valence-electron chi connectivity index (χ2n) is 8.93. The second kappa shape index (κ2) is 11.5. The van der Waals surface area contributed by atoms with Gasteiger partial charge in [-0.3, -0.25) is 9.59 Å². The molecule has 3 atom stereocenters.